The van der Waals surface area contributed by atoms with Crippen LogP contribution in [0.4, 0.5) is 0 Å². The molecule has 8 heteroatoms. The van der Waals surface area contributed by atoms with Crippen LogP contribution in [-0.2, 0) is 18.6 Å². The number of aromatic amines is 1. The van der Waals surface area contributed by atoms with Gasteiger partial charge in [-0.2, -0.15) is 5.21 Å². The lowest BCUT2D eigenvalue weighted by Gasteiger charge is -2.16. The Hall–Kier alpha value is -4.43. The normalized spacial score (nSPS) is 11.6. The third kappa shape index (κ3) is 5.03. The lowest BCUT2D eigenvalue weighted by atomic mass is 9.93. The van der Waals surface area contributed by atoms with Gasteiger partial charge in [-0.05, 0) is 65.4 Å². The first-order valence-corrected chi connectivity index (χ1v) is 12.7. The molecular weight excluding hydrogens is 476 g/mol. The van der Waals surface area contributed by atoms with Crippen LogP contribution in [0.5, 0.6) is 0 Å². The zero-order valence-corrected chi connectivity index (χ0v) is 21.7. The smallest absolute Gasteiger partial charge is 0.205 e. The van der Waals surface area contributed by atoms with Crippen molar-refractivity contribution in [2.24, 2.45) is 0 Å². The summed E-state index contributed by atoms with van der Waals surface area (Å²) in [6, 6.07) is 24.7. The monoisotopic (exact) mass is 506 g/mol. The second-order valence-electron chi connectivity index (χ2n) is 9.83. The second kappa shape index (κ2) is 10.5. The standard InChI is InChI=1S/C30H30N6O2/c1-4-8-27-31-28(30(2,3)38)26(19-37)36(27)18-20-11-13-22(14-12-20)25-17-23(21-9-6-5-7-10-21)15-16-24(25)29-32-34-35-33-29/h5-7,9-17,19,38H,4,8,18H2,1-3H3,(H,32,33,34,35). The van der Waals surface area contributed by atoms with Gasteiger partial charge in [0.05, 0.1) is 0 Å². The number of aliphatic hydroxyl groups is 1. The van der Waals surface area contributed by atoms with Crippen LogP contribution in [0.1, 0.15) is 54.8 Å². The Balaban J connectivity index is 1.53. The molecule has 0 radical (unpaired) electrons. The van der Waals surface area contributed by atoms with E-state index in [1.807, 2.05) is 28.8 Å². The molecule has 0 atom stereocenters. The Kier molecular flexibility index (Phi) is 6.98. The molecule has 2 aromatic heterocycles. The third-order valence-corrected chi connectivity index (χ3v) is 6.57. The van der Waals surface area contributed by atoms with Gasteiger partial charge in [-0.25, -0.2) is 4.98 Å². The first-order chi connectivity index (χ1) is 18.4. The summed E-state index contributed by atoms with van der Waals surface area (Å²) in [5.74, 6) is 1.33. The number of imidazole rings is 1. The molecule has 0 fully saturated rings. The number of nitrogens with one attached hydrogen (secondary N) is 1. The van der Waals surface area contributed by atoms with E-state index in [9.17, 15) is 9.90 Å². The number of rotatable bonds is 9. The van der Waals surface area contributed by atoms with Crippen LogP contribution in [0.3, 0.4) is 0 Å². The van der Waals surface area contributed by atoms with Gasteiger partial charge in [0, 0.05) is 18.5 Å². The third-order valence-electron chi connectivity index (χ3n) is 6.57. The Morgan fingerprint density at radius 3 is 2.32 bits per heavy atom. The molecule has 192 valence electrons. The second-order valence-corrected chi connectivity index (χ2v) is 9.83. The van der Waals surface area contributed by atoms with Crippen molar-refractivity contribution in [1.82, 2.24) is 30.2 Å². The maximum atomic E-state index is 12.0. The fourth-order valence-corrected chi connectivity index (χ4v) is 4.71. The Bertz CT molecular complexity index is 1530. The van der Waals surface area contributed by atoms with Gasteiger partial charge in [0.15, 0.2) is 6.29 Å². The molecule has 5 rings (SSSR count). The molecule has 0 bridgehead atoms. The van der Waals surface area contributed by atoms with Crippen LogP contribution in [0.2, 0.25) is 0 Å². The summed E-state index contributed by atoms with van der Waals surface area (Å²) in [4.78, 5) is 16.7. The maximum Gasteiger partial charge on any atom is 0.205 e. The fourth-order valence-electron chi connectivity index (χ4n) is 4.71. The number of carbonyl (C=O) groups is 1. The molecule has 3 aromatic carbocycles. The van der Waals surface area contributed by atoms with E-state index >= 15 is 0 Å². The molecule has 0 aliphatic carbocycles. The molecule has 0 unspecified atom stereocenters. The minimum Gasteiger partial charge on any atom is -0.384 e. The van der Waals surface area contributed by atoms with Crippen molar-refractivity contribution in [3.05, 3.63) is 95.6 Å². The van der Waals surface area contributed by atoms with Gasteiger partial charge in [0.25, 0.3) is 0 Å². The zero-order valence-electron chi connectivity index (χ0n) is 21.7. The number of benzene rings is 3. The average Bonchev–Trinajstić information content (AvgIpc) is 3.58. The zero-order chi connectivity index (χ0) is 26.7. The first-order valence-electron chi connectivity index (χ1n) is 12.7. The van der Waals surface area contributed by atoms with Crippen molar-refractivity contribution in [2.75, 3.05) is 0 Å². The highest BCUT2D eigenvalue weighted by Gasteiger charge is 2.27. The van der Waals surface area contributed by atoms with Crippen LogP contribution in [0.25, 0.3) is 33.6 Å². The first kappa shape index (κ1) is 25.2. The van der Waals surface area contributed by atoms with Gasteiger partial charge >= 0.3 is 0 Å². The van der Waals surface area contributed by atoms with Crippen molar-refractivity contribution in [2.45, 2.75) is 45.8 Å². The van der Waals surface area contributed by atoms with E-state index in [1.54, 1.807) is 13.8 Å². The summed E-state index contributed by atoms with van der Waals surface area (Å²) in [7, 11) is 0. The van der Waals surface area contributed by atoms with Gasteiger partial charge < -0.3 is 9.67 Å². The predicted octanol–water partition coefficient (Wildman–Crippen LogP) is 5.44. The minimum atomic E-state index is -1.21. The van der Waals surface area contributed by atoms with Gasteiger partial charge in [0.1, 0.15) is 22.8 Å². The molecule has 0 saturated carbocycles. The summed E-state index contributed by atoms with van der Waals surface area (Å²) >= 11 is 0. The predicted molar refractivity (Wildman–Crippen MR) is 146 cm³/mol. The summed E-state index contributed by atoms with van der Waals surface area (Å²) in [6.07, 6.45) is 2.39. The van der Waals surface area contributed by atoms with E-state index in [2.05, 4.69) is 81.1 Å². The maximum absolute atomic E-state index is 12.0. The summed E-state index contributed by atoms with van der Waals surface area (Å²) in [6.45, 7) is 5.86. The van der Waals surface area contributed by atoms with Crippen LogP contribution in [-0.4, -0.2) is 41.6 Å². The molecule has 5 aromatic rings. The highest BCUT2D eigenvalue weighted by Crippen LogP contribution is 2.34. The summed E-state index contributed by atoms with van der Waals surface area (Å²) < 4.78 is 1.92. The van der Waals surface area contributed by atoms with Crippen molar-refractivity contribution in [3.8, 4) is 33.6 Å². The molecule has 0 saturated heterocycles. The van der Waals surface area contributed by atoms with Gasteiger partial charge in [0.2, 0.25) is 5.82 Å². The van der Waals surface area contributed by atoms with Crippen LogP contribution < -0.4 is 0 Å². The molecule has 38 heavy (non-hydrogen) atoms. The fraction of sp³-hybridized carbons (Fsp3) is 0.233. The van der Waals surface area contributed by atoms with E-state index in [0.717, 1.165) is 58.3 Å². The SMILES string of the molecule is CCCc1nc(C(C)(C)O)c(C=O)n1Cc1ccc(-c2cc(-c3ccccc3)ccc2-c2nn[nH]n2)cc1. The lowest BCUT2D eigenvalue weighted by molar-refractivity contribution is 0.0723. The van der Waals surface area contributed by atoms with Gasteiger partial charge in [-0.1, -0.05) is 67.6 Å². The number of hydrogen-bond donors (Lipinski definition) is 2. The highest BCUT2D eigenvalue weighted by atomic mass is 16.3. The summed E-state index contributed by atoms with van der Waals surface area (Å²) in [5.41, 5.74) is 5.74. The number of tetrazole rings is 1. The molecular formula is C30H30N6O2. The largest absolute Gasteiger partial charge is 0.384 e. The van der Waals surface area contributed by atoms with E-state index in [-0.39, 0.29) is 0 Å². The number of nitrogens with zero attached hydrogens (tertiary/aromatic N) is 5. The van der Waals surface area contributed by atoms with Crippen molar-refractivity contribution in [3.63, 3.8) is 0 Å². The van der Waals surface area contributed by atoms with Crippen molar-refractivity contribution >= 4 is 6.29 Å². The van der Waals surface area contributed by atoms with Crippen LogP contribution in [0.15, 0.2) is 72.8 Å². The Morgan fingerprint density at radius 1 is 0.947 bits per heavy atom. The quantitative estimate of drug-likeness (QED) is 0.258. The van der Waals surface area contributed by atoms with Crippen LogP contribution >= 0.6 is 0 Å². The van der Waals surface area contributed by atoms with Crippen molar-refractivity contribution in [1.29, 1.82) is 0 Å². The minimum absolute atomic E-state index is 0.412. The molecule has 8 nitrogen and oxygen atoms in total. The van der Waals surface area contributed by atoms with E-state index in [1.165, 1.54) is 0 Å². The Labute approximate surface area is 221 Å². The molecule has 0 spiro atoms. The topological polar surface area (TPSA) is 110 Å². The van der Waals surface area contributed by atoms with Crippen molar-refractivity contribution < 1.29 is 9.90 Å². The highest BCUT2D eigenvalue weighted by molar-refractivity contribution is 5.85. The van der Waals surface area contributed by atoms with Crippen LogP contribution in [0, 0.1) is 0 Å². The van der Waals surface area contributed by atoms with Gasteiger partial charge in [-0.3, -0.25) is 4.79 Å². The molecule has 2 heterocycles. The van der Waals surface area contributed by atoms with E-state index < -0.39 is 5.60 Å². The molecule has 0 aliphatic rings. The van der Waals surface area contributed by atoms with E-state index in [0.29, 0.717) is 23.8 Å². The molecule has 2 N–H and O–H groups in total. The number of carbonyl (C=O) groups excluding carboxylic acids is 1. The number of aromatic nitrogens is 6. The lowest BCUT2D eigenvalue weighted by Crippen LogP contribution is -2.19. The molecule has 0 aliphatic heterocycles. The van der Waals surface area contributed by atoms with Gasteiger partial charge in [-0.15, -0.1) is 10.2 Å². The summed E-state index contributed by atoms with van der Waals surface area (Å²) in [5, 5.41) is 25.3. The number of H-pyrrole nitrogens is 1. The number of hydrogen-bond acceptors (Lipinski definition) is 6. The number of aldehydes is 1. The number of aryl methyl sites for hydroxylation is 1. The Morgan fingerprint density at radius 2 is 1.68 bits per heavy atom. The average molecular weight is 507 g/mol. The van der Waals surface area contributed by atoms with E-state index in [4.69, 9.17) is 0 Å². The molecule has 0 amide bonds.